The van der Waals surface area contributed by atoms with Crippen molar-refractivity contribution < 1.29 is 22.7 Å². The molecule has 0 amide bonds. The van der Waals surface area contributed by atoms with Gasteiger partial charge in [-0.3, -0.25) is 4.79 Å². The molecule has 0 aliphatic carbocycles. The number of benzene rings is 1. The van der Waals surface area contributed by atoms with Gasteiger partial charge in [-0.15, -0.1) is 11.6 Å². The van der Waals surface area contributed by atoms with Crippen molar-refractivity contribution in [3.63, 3.8) is 0 Å². The molecule has 0 bridgehead atoms. The summed E-state index contributed by atoms with van der Waals surface area (Å²) in [6, 6.07) is 3.39. The van der Waals surface area contributed by atoms with Crippen molar-refractivity contribution in [3.8, 4) is 0 Å². The Kier molecular flexibility index (Phi) is 4.87. The van der Waals surface area contributed by atoms with Crippen molar-refractivity contribution in [3.05, 3.63) is 34.3 Å². The first-order valence-corrected chi connectivity index (χ1v) is 5.64. The zero-order valence-electron chi connectivity index (χ0n) is 9.22. The van der Waals surface area contributed by atoms with Gasteiger partial charge in [0.15, 0.2) is 0 Å². The molecule has 1 atom stereocenters. The van der Waals surface area contributed by atoms with E-state index >= 15 is 0 Å². The van der Waals surface area contributed by atoms with Crippen LogP contribution in [0, 0.1) is 0 Å². The number of hydrogen-bond donors (Lipinski definition) is 0. The summed E-state index contributed by atoms with van der Waals surface area (Å²) in [6.07, 6.45) is -4.60. The number of rotatable bonds is 3. The van der Waals surface area contributed by atoms with Crippen LogP contribution >= 0.6 is 23.2 Å². The van der Waals surface area contributed by atoms with Gasteiger partial charge in [0.25, 0.3) is 0 Å². The van der Waals surface area contributed by atoms with Crippen LogP contribution in [0.25, 0.3) is 0 Å². The van der Waals surface area contributed by atoms with E-state index in [1.54, 1.807) is 0 Å². The summed E-state index contributed by atoms with van der Waals surface area (Å²) < 4.78 is 42.1. The molecule has 2 nitrogen and oxygen atoms in total. The average Bonchev–Trinajstić information content (AvgIpc) is 2.29. The number of halogens is 5. The minimum Gasteiger partial charge on any atom is -0.468 e. The average molecular weight is 301 g/mol. The standard InChI is InChI=1S/C11H9Cl2F3O2/c1-18-10(17)9(13)5-6-2-3-8(12)7(4-6)11(14,15)16/h2-4,9H,5H2,1H3. The minimum atomic E-state index is -4.54. The molecule has 0 aliphatic heterocycles. The second-order valence-electron chi connectivity index (χ2n) is 3.51. The smallest absolute Gasteiger partial charge is 0.417 e. The Morgan fingerprint density at radius 1 is 1.44 bits per heavy atom. The first-order chi connectivity index (χ1) is 8.25. The zero-order valence-corrected chi connectivity index (χ0v) is 10.7. The van der Waals surface area contributed by atoms with Crippen LogP contribution < -0.4 is 0 Å². The van der Waals surface area contributed by atoms with Crippen LogP contribution in [-0.2, 0) is 22.1 Å². The molecule has 100 valence electrons. The minimum absolute atomic E-state index is 0.0610. The normalized spacial score (nSPS) is 13.2. The quantitative estimate of drug-likeness (QED) is 0.629. The Bertz CT molecular complexity index is 446. The number of carbonyl (C=O) groups is 1. The lowest BCUT2D eigenvalue weighted by Gasteiger charge is -2.12. The lowest BCUT2D eigenvalue weighted by atomic mass is 10.1. The van der Waals surface area contributed by atoms with Crippen molar-refractivity contribution in [2.45, 2.75) is 18.0 Å². The summed E-state index contributed by atoms with van der Waals surface area (Å²) in [5.74, 6) is -0.694. The van der Waals surface area contributed by atoms with Crippen molar-refractivity contribution in [2.75, 3.05) is 7.11 Å². The molecule has 0 aromatic heterocycles. The summed E-state index contributed by atoms with van der Waals surface area (Å²) >= 11 is 11.1. The highest BCUT2D eigenvalue weighted by atomic mass is 35.5. The number of hydrogen-bond acceptors (Lipinski definition) is 2. The third-order valence-electron chi connectivity index (χ3n) is 2.21. The van der Waals surface area contributed by atoms with Crippen LogP contribution in [0.4, 0.5) is 13.2 Å². The molecule has 0 heterocycles. The first kappa shape index (κ1) is 15.1. The maximum Gasteiger partial charge on any atom is 0.417 e. The molecule has 1 aromatic rings. The molecule has 1 unspecified atom stereocenters. The molecule has 0 aliphatic rings. The molecule has 0 N–H and O–H groups in total. The monoisotopic (exact) mass is 300 g/mol. The zero-order chi connectivity index (χ0) is 13.9. The topological polar surface area (TPSA) is 26.3 Å². The first-order valence-electron chi connectivity index (χ1n) is 4.83. The van der Waals surface area contributed by atoms with Crippen LogP contribution in [0.3, 0.4) is 0 Å². The third-order valence-corrected chi connectivity index (χ3v) is 2.87. The lowest BCUT2D eigenvalue weighted by molar-refractivity contribution is -0.140. The molecule has 0 spiro atoms. The van der Waals surface area contributed by atoms with E-state index in [1.807, 2.05) is 0 Å². The fourth-order valence-corrected chi connectivity index (χ4v) is 1.83. The Hall–Kier alpha value is -0.940. The summed E-state index contributed by atoms with van der Waals surface area (Å²) in [4.78, 5) is 11.1. The highest BCUT2D eigenvalue weighted by Gasteiger charge is 2.33. The van der Waals surface area contributed by atoms with Crippen molar-refractivity contribution in [2.24, 2.45) is 0 Å². The molecular formula is C11H9Cl2F3O2. The molecule has 0 saturated carbocycles. The fourth-order valence-electron chi connectivity index (χ4n) is 1.33. The number of ether oxygens (including phenoxy) is 1. The van der Waals surface area contributed by atoms with E-state index in [9.17, 15) is 18.0 Å². The van der Waals surface area contributed by atoms with Gasteiger partial charge in [-0.25, -0.2) is 0 Å². The Morgan fingerprint density at radius 2 is 2.06 bits per heavy atom. The summed E-state index contributed by atoms with van der Waals surface area (Å²) in [7, 11) is 1.15. The molecule has 0 fully saturated rings. The highest BCUT2D eigenvalue weighted by molar-refractivity contribution is 6.31. The van der Waals surface area contributed by atoms with Gasteiger partial charge in [0.05, 0.1) is 17.7 Å². The largest absolute Gasteiger partial charge is 0.468 e. The Balaban J connectivity index is 2.96. The van der Waals surface area contributed by atoms with Crippen LogP contribution in [0.15, 0.2) is 18.2 Å². The second kappa shape index (κ2) is 5.80. The molecule has 1 rings (SSSR count). The molecule has 18 heavy (non-hydrogen) atoms. The SMILES string of the molecule is COC(=O)C(Cl)Cc1ccc(Cl)c(C(F)(F)F)c1. The Labute approximate surface area is 112 Å². The fraction of sp³-hybridized carbons (Fsp3) is 0.364. The van der Waals surface area contributed by atoms with E-state index in [-0.39, 0.29) is 12.0 Å². The number of methoxy groups -OCH3 is 1. The van der Waals surface area contributed by atoms with Gasteiger partial charge in [0, 0.05) is 0 Å². The van der Waals surface area contributed by atoms with E-state index in [0.29, 0.717) is 0 Å². The number of carbonyl (C=O) groups excluding carboxylic acids is 1. The van der Waals surface area contributed by atoms with Gasteiger partial charge in [0.1, 0.15) is 5.38 Å². The summed E-state index contributed by atoms with van der Waals surface area (Å²) in [5, 5.41) is -1.42. The number of alkyl halides is 4. The number of esters is 1. The highest BCUT2D eigenvalue weighted by Crippen LogP contribution is 2.35. The van der Waals surface area contributed by atoms with E-state index in [2.05, 4.69) is 4.74 Å². The van der Waals surface area contributed by atoms with Crippen LogP contribution in [0.5, 0.6) is 0 Å². The maximum absolute atomic E-state index is 12.6. The van der Waals surface area contributed by atoms with Gasteiger partial charge in [-0.05, 0) is 24.1 Å². The van der Waals surface area contributed by atoms with Crippen LogP contribution in [0.2, 0.25) is 5.02 Å². The molecule has 0 radical (unpaired) electrons. The van der Waals surface area contributed by atoms with Gasteiger partial charge in [-0.2, -0.15) is 13.2 Å². The van der Waals surface area contributed by atoms with Gasteiger partial charge < -0.3 is 4.74 Å². The van der Waals surface area contributed by atoms with Gasteiger partial charge >= 0.3 is 12.1 Å². The predicted octanol–water partition coefficient (Wildman–Crippen LogP) is 3.68. The lowest BCUT2D eigenvalue weighted by Crippen LogP contribution is -2.19. The predicted molar refractivity (Wildman–Crippen MR) is 61.8 cm³/mol. The van der Waals surface area contributed by atoms with E-state index in [4.69, 9.17) is 23.2 Å². The maximum atomic E-state index is 12.6. The second-order valence-corrected chi connectivity index (χ2v) is 4.44. The Morgan fingerprint density at radius 3 is 2.56 bits per heavy atom. The van der Waals surface area contributed by atoms with Crippen molar-refractivity contribution >= 4 is 29.2 Å². The summed E-state index contributed by atoms with van der Waals surface area (Å²) in [6.45, 7) is 0. The van der Waals surface area contributed by atoms with E-state index in [0.717, 1.165) is 19.2 Å². The van der Waals surface area contributed by atoms with Gasteiger partial charge in [0.2, 0.25) is 0 Å². The van der Waals surface area contributed by atoms with Crippen LogP contribution in [0.1, 0.15) is 11.1 Å². The summed E-state index contributed by atoms with van der Waals surface area (Å²) in [5.41, 5.74) is -0.687. The van der Waals surface area contributed by atoms with Gasteiger partial charge in [-0.1, -0.05) is 17.7 Å². The van der Waals surface area contributed by atoms with E-state index in [1.165, 1.54) is 6.07 Å². The molecule has 0 saturated heterocycles. The third kappa shape index (κ3) is 3.78. The van der Waals surface area contributed by atoms with Crippen molar-refractivity contribution in [1.29, 1.82) is 0 Å². The molecular weight excluding hydrogens is 292 g/mol. The van der Waals surface area contributed by atoms with Crippen LogP contribution in [-0.4, -0.2) is 18.5 Å². The molecule has 1 aromatic carbocycles. The molecule has 7 heteroatoms. The van der Waals surface area contributed by atoms with Crippen molar-refractivity contribution in [1.82, 2.24) is 0 Å². The van der Waals surface area contributed by atoms with E-state index < -0.39 is 28.1 Å².